The summed E-state index contributed by atoms with van der Waals surface area (Å²) in [6.45, 7) is 2.71. The van der Waals surface area contributed by atoms with Crippen LogP contribution in [0, 0.1) is 6.92 Å². The number of halogens is 1. The Kier molecular flexibility index (Phi) is 4.39. The molecule has 1 aromatic heterocycles. The van der Waals surface area contributed by atoms with Gasteiger partial charge in [-0.1, -0.05) is 29.4 Å². The number of nitrogens with one attached hydrogen (secondary N) is 1. The molecule has 0 aliphatic rings. The Labute approximate surface area is 114 Å². The molecule has 0 saturated carbocycles. The molecule has 17 heavy (non-hydrogen) atoms. The number of hydrogen-bond donors (Lipinski definition) is 1. The fraction of sp³-hybridized carbons (Fsp3) is 0.273. The highest BCUT2D eigenvalue weighted by Gasteiger charge is 2.07. The first-order valence-electron chi connectivity index (χ1n) is 5.10. The third-order valence-corrected chi connectivity index (χ3v) is 4.43. The Morgan fingerprint density at radius 3 is 2.88 bits per heavy atom. The largest absolute Gasteiger partial charge is 0.316 e. The highest BCUT2D eigenvalue weighted by molar-refractivity contribution is 8.01. The highest BCUT2D eigenvalue weighted by Crippen LogP contribution is 2.34. The minimum absolute atomic E-state index is 0.760. The van der Waals surface area contributed by atoms with Gasteiger partial charge in [0.15, 0.2) is 4.34 Å². The number of hydrogen-bond acceptors (Lipinski definition) is 5. The maximum Gasteiger partial charge on any atom is 0.174 e. The quantitative estimate of drug-likeness (QED) is 0.935. The minimum Gasteiger partial charge on any atom is -0.316 e. The van der Waals surface area contributed by atoms with Crippen molar-refractivity contribution >= 4 is 34.9 Å². The lowest BCUT2D eigenvalue weighted by atomic mass is 10.2. The van der Waals surface area contributed by atoms with Crippen molar-refractivity contribution in [3.05, 3.63) is 34.6 Å². The Morgan fingerprint density at radius 1 is 1.47 bits per heavy atom. The summed E-state index contributed by atoms with van der Waals surface area (Å²) in [5, 5.41) is 3.86. The van der Waals surface area contributed by atoms with Gasteiger partial charge in [-0.3, -0.25) is 0 Å². The molecule has 0 saturated heterocycles. The van der Waals surface area contributed by atoms with Crippen LogP contribution in [-0.2, 0) is 6.54 Å². The van der Waals surface area contributed by atoms with E-state index in [1.54, 1.807) is 11.8 Å². The van der Waals surface area contributed by atoms with Crippen molar-refractivity contribution in [2.75, 3.05) is 7.05 Å². The molecular formula is C11H12ClN3S2. The minimum atomic E-state index is 0.760. The van der Waals surface area contributed by atoms with Crippen LogP contribution in [0.15, 0.2) is 27.4 Å². The van der Waals surface area contributed by atoms with Crippen molar-refractivity contribution in [3.8, 4) is 0 Å². The summed E-state index contributed by atoms with van der Waals surface area (Å²) in [5.74, 6) is 0.806. The van der Waals surface area contributed by atoms with Crippen molar-refractivity contribution in [1.29, 1.82) is 0 Å². The summed E-state index contributed by atoms with van der Waals surface area (Å²) < 4.78 is 5.07. The SMILES string of the molecule is CNCc1ccc(Sc2nc(C)ns2)c(Cl)c1. The molecule has 0 spiro atoms. The normalized spacial score (nSPS) is 10.8. The number of rotatable bonds is 4. The molecule has 1 N–H and O–H groups in total. The molecule has 3 nitrogen and oxygen atoms in total. The standard InChI is InChI=1S/C11H12ClN3S2/c1-7-14-11(17-15-7)16-10-4-3-8(6-13-2)5-9(10)12/h3-5,13H,6H2,1-2H3. The van der Waals surface area contributed by atoms with E-state index in [4.69, 9.17) is 11.6 Å². The first kappa shape index (κ1) is 12.8. The van der Waals surface area contributed by atoms with Gasteiger partial charge in [0.2, 0.25) is 0 Å². The van der Waals surface area contributed by atoms with Gasteiger partial charge in [0.1, 0.15) is 5.82 Å². The van der Waals surface area contributed by atoms with Crippen molar-refractivity contribution in [2.24, 2.45) is 0 Å². The van der Waals surface area contributed by atoms with Crippen LogP contribution in [0.2, 0.25) is 5.02 Å². The molecule has 0 amide bonds. The van der Waals surface area contributed by atoms with Gasteiger partial charge in [-0.05, 0) is 43.2 Å². The zero-order chi connectivity index (χ0) is 12.3. The van der Waals surface area contributed by atoms with Crippen LogP contribution in [0.4, 0.5) is 0 Å². The Balaban J connectivity index is 2.16. The molecule has 0 atom stereocenters. The number of aryl methyl sites for hydroxylation is 1. The maximum absolute atomic E-state index is 6.23. The first-order chi connectivity index (χ1) is 8.19. The molecule has 2 aromatic rings. The summed E-state index contributed by atoms with van der Waals surface area (Å²) in [4.78, 5) is 5.32. The van der Waals surface area contributed by atoms with Gasteiger partial charge >= 0.3 is 0 Å². The fourth-order valence-corrected chi connectivity index (χ4v) is 3.29. The van der Waals surface area contributed by atoms with Crippen LogP contribution < -0.4 is 5.32 Å². The Morgan fingerprint density at radius 2 is 2.29 bits per heavy atom. The summed E-state index contributed by atoms with van der Waals surface area (Å²) in [7, 11) is 1.92. The third kappa shape index (κ3) is 3.42. The number of aromatic nitrogens is 2. The molecule has 0 aliphatic carbocycles. The van der Waals surface area contributed by atoms with Crippen molar-refractivity contribution in [3.63, 3.8) is 0 Å². The molecule has 2 rings (SSSR count). The third-order valence-electron chi connectivity index (χ3n) is 2.08. The molecule has 0 radical (unpaired) electrons. The monoisotopic (exact) mass is 285 g/mol. The second-order valence-electron chi connectivity index (χ2n) is 3.50. The van der Waals surface area contributed by atoms with Crippen LogP contribution >= 0.6 is 34.9 Å². The Hall–Kier alpha value is -0.620. The predicted octanol–water partition coefficient (Wildman–Crippen LogP) is 3.37. The number of nitrogens with zero attached hydrogens (tertiary/aromatic N) is 2. The summed E-state index contributed by atoms with van der Waals surface area (Å²) >= 11 is 9.18. The molecule has 0 aliphatic heterocycles. The summed E-state index contributed by atoms with van der Waals surface area (Å²) in [6, 6.07) is 6.07. The van der Waals surface area contributed by atoms with E-state index in [0.717, 1.165) is 26.6 Å². The smallest absolute Gasteiger partial charge is 0.174 e. The van der Waals surface area contributed by atoms with Crippen molar-refractivity contribution in [1.82, 2.24) is 14.7 Å². The van der Waals surface area contributed by atoms with E-state index < -0.39 is 0 Å². The maximum atomic E-state index is 6.23. The van der Waals surface area contributed by atoms with E-state index >= 15 is 0 Å². The van der Waals surface area contributed by atoms with E-state index in [1.807, 2.05) is 26.1 Å². The zero-order valence-corrected chi connectivity index (χ0v) is 11.9. The summed E-state index contributed by atoms with van der Waals surface area (Å²) in [6.07, 6.45) is 0. The van der Waals surface area contributed by atoms with E-state index in [1.165, 1.54) is 17.1 Å². The highest BCUT2D eigenvalue weighted by atomic mass is 35.5. The lowest BCUT2D eigenvalue weighted by Crippen LogP contribution is -2.04. The fourth-order valence-electron chi connectivity index (χ4n) is 1.35. The topological polar surface area (TPSA) is 37.8 Å². The molecule has 6 heteroatoms. The molecule has 1 aromatic carbocycles. The van der Waals surface area contributed by atoms with Crippen LogP contribution in [0.5, 0.6) is 0 Å². The van der Waals surface area contributed by atoms with Gasteiger partial charge in [0.25, 0.3) is 0 Å². The van der Waals surface area contributed by atoms with Crippen molar-refractivity contribution in [2.45, 2.75) is 22.7 Å². The van der Waals surface area contributed by atoms with Gasteiger partial charge in [-0.25, -0.2) is 4.98 Å². The van der Waals surface area contributed by atoms with Crippen LogP contribution in [0.3, 0.4) is 0 Å². The van der Waals surface area contributed by atoms with E-state index in [2.05, 4.69) is 20.7 Å². The lowest BCUT2D eigenvalue weighted by Gasteiger charge is -2.04. The average Bonchev–Trinajstić information content (AvgIpc) is 2.69. The van der Waals surface area contributed by atoms with Gasteiger partial charge in [-0.15, -0.1) is 0 Å². The lowest BCUT2D eigenvalue weighted by molar-refractivity contribution is 0.817. The molecule has 0 fully saturated rings. The molecule has 90 valence electrons. The van der Waals surface area contributed by atoms with Gasteiger partial charge in [-0.2, -0.15) is 4.37 Å². The predicted molar refractivity (Wildman–Crippen MR) is 73.0 cm³/mol. The van der Waals surface area contributed by atoms with Crippen LogP contribution in [0.1, 0.15) is 11.4 Å². The Bertz CT molecular complexity index is 513. The molecular weight excluding hydrogens is 274 g/mol. The zero-order valence-electron chi connectivity index (χ0n) is 9.53. The first-order valence-corrected chi connectivity index (χ1v) is 7.07. The second kappa shape index (κ2) is 5.82. The van der Waals surface area contributed by atoms with Gasteiger partial charge in [0.05, 0.1) is 5.02 Å². The van der Waals surface area contributed by atoms with Crippen LogP contribution in [0.25, 0.3) is 0 Å². The number of benzene rings is 1. The van der Waals surface area contributed by atoms with E-state index in [-0.39, 0.29) is 0 Å². The van der Waals surface area contributed by atoms with Gasteiger partial charge in [0, 0.05) is 11.4 Å². The van der Waals surface area contributed by atoms with Gasteiger partial charge < -0.3 is 5.32 Å². The van der Waals surface area contributed by atoms with Crippen molar-refractivity contribution < 1.29 is 0 Å². The summed E-state index contributed by atoms with van der Waals surface area (Å²) in [5.41, 5.74) is 1.18. The van der Waals surface area contributed by atoms with E-state index in [0.29, 0.717) is 0 Å². The second-order valence-corrected chi connectivity index (χ2v) is 5.95. The molecule has 0 bridgehead atoms. The average molecular weight is 286 g/mol. The van der Waals surface area contributed by atoms with E-state index in [9.17, 15) is 0 Å². The molecule has 0 unspecified atom stereocenters. The molecule has 1 heterocycles. The van der Waals surface area contributed by atoms with Crippen LogP contribution in [-0.4, -0.2) is 16.4 Å².